The first kappa shape index (κ1) is 15.6. The highest BCUT2D eigenvalue weighted by atomic mass is 127. The van der Waals surface area contributed by atoms with Crippen LogP contribution in [-0.4, -0.2) is 30.5 Å². The summed E-state index contributed by atoms with van der Waals surface area (Å²) in [5.74, 6) is 1.34. The second-order valence-corrected chi connectivity index (χ2v) is 5.70. The molecule has 3 rings (SSSR count). The van der Waals surface area contributed by atoms with Crippen molar-refractivity contribution in [2.24, 2.45) is 10.7 Å². The van der Waals surface area contributed by atoms with Crippen LogP contribution in [0.15, 0.2) is 29.3 Å². The first-order valence-electron chi connectivity index (χ1n) is 7.47. The highest BCUT2D eigenvalue weighted by Gasteiger charge is 2.25. The van der Waals surface area contributed by atoms with E-state index in [4.69, 9.17) is 5.73 Å². The molecule has 0 saturated carbocycles. The van der Waals surface area contributed by atoms with Gasteiger partial charge in [-0.1, -0.05) is 37.1 Å². The van der Waals surface area contributed by atoms with Crippen LogP contribution in [0.3, 0.4) is 0 Å². The highest BCUT2D eigenvalue weighted by molar-refractivity contribution is 14.0. The molecule has 1 aromatic rings. The van der Waals surface area contributed by atoms with E-state index in [0.29, 0.717) is 5.92 Å². The predicted octanol–water partition coefficient (Wildman–Crippen LogP) is 3.14. The van der Waals surface area contributed by atoms with Crippen molar-refractivity contribution in [2.75, 3.05) is 19.6 Å². The van der Waals surface area contributed by atoms with Gasteiger partial charge in [-0.2, -0.15) is 0 Å². The molecule has 1 aromatic carbocycles. The van der Waals surface area contributed by atoms with E-state index in [0.717, 1.165) is 32.0 Å². The Balaban J connectivity index is 0.00000147. The molecule has 0 aromatic heterocycles. The number of rotatable bonds is 2. The molecule has 1 aliphatic carbocycles. The number of guanidine groups is 1. The fourth-order valence-electron chi connectivity index (χ4n) is 3.13. The Morgan fingerprint density at radius 2 is 1.85 bits per heavy atom. The monoisotopic (exact) mass is 385 g/mol. The van der Waals surface area contributed by atoms with E-state index in [-0.39, 0.29) is 24.0 Å². The minimum absolute atomic E-state index is 0. The molecule has 1 heterocycles. The summed E-state index contributed by atoms with van der Waals surface area (Å²) in [6.07, 6.45) is 6.33. The first-order valence-corrected chi connectivity index (χ1v) is 7.47. The van der Waals surface area contributed by atoms with E-state index in [1.54, 1.807) is 0 Å². The quantitative estimate of drug-likeness (QED) is 0.483. The van der Waals surface area contributed by atoms with Gasteiger partial charge in [0.1, 0.15) is 0 Å². The molecule has 1 aliphatic heterocycles. The third-order valence-corrected chi connectivity index (χ3v) is 4.36. The lowest BCUT2D eigenvalue weighted by Crippen LogP contribution is -2.38. The van der Waals surface area contributed by atoms with E-state index >= 15 is 0 Å². The summed E-state index contributed by atoms with van der Waals surface area (Å²) < 4.78 is 0. The number of benzene rings is 1. The number of aliphatic imine (C=N–C) groups is 1. The molecule has 110 valence electrons. The molecule has 1 fully saturated rings. The molecule has 2 N–H and O–H groups in total. The van der Waals surface area contributed by atoms with Crippen LogP contribution >= 0.6 is 24.0 Å². The first-order chi connectivity index (χ1) is 9.34. The van der Waals surface area contributed by atoms with E-state index in [9.17, 15) is 0 Å². The lowest BCUT2D eigenvalue weighted by molar-refractivity contribution is 0.427. The third kappa shape index (κ3) is 3.45. The van der Waals surface area contributed by atoms with Gasteiger partial charge >= 0.3 is 0 Å². The van der Waals surface area contributed by atoms with Crippen LogP contribution in [0, 0.1) is 0 Å². The molecule has 4 heteroatoms. The van der Waals surface area contributed by atoms with E-state index in [1.807, 2.05) is 0 Å². The zero-order valence-corrected chi connectivity index (χ0v) is 14.3. The number of nitrogens with zero attached hydrogens (tertiary/aromatic N) is 2. The minimum Gasteiger partial charge on any atom is -0.370 e. The molecule has 0 amide bonds. The van der Waals surface area contributed by atoms with Crippen LogP contribution in [0.1, 0.15) is 42.7 Å². The predicted molar refractivity (Wildman–Crippen MR) is 94.8 cm³/mol. The van der Waals surface area contributed by atoms with Gasteiger partial charge in [-0.15, -0.1) is 24.0 Å². The van der Waals surface area contributed by atoms with Gasteiger partial charge in [0.15, 0.2) is 5.96 Å². The van der Waals surface area contributed by atoms with Crippen molar-refractivity contribution in [1.82, 2.24) is 4.90 Å². The summed E-state index contributed by atoms with van der Waals surface area (Å²) in [7, 11) is 0. The van der Waals surface area contributed by atoms with Gasteiger partial charge < -0.3 is 10.6 Å². The number of hydrogen-bond donors (Lipinski definition) is 1. The third-order valence-electron chi connectivity index (χ3n) is 4.36. The van der Waals surface area contributed by atoms with Gasteiger partial charge in [0.05, 0.1) is 0 Å². The largest absolute Gasteiger partial charge is 0.370 e. The van der Waals surface area contributed by atoms with Gasteiger partial charge in [0.2, 0.25) is 0 Å². The molecule has 0 bridgehead atoms. The molecular weight excluding hydrogens is 361 g/mol. The zero-order chi connectivity index (χ0) is 13.1. The standard InChI is InChI=1S/C16H23N3.HI/c17-16(19-9-5-1-2-6-10-19)18-12-14-11-13-7-3-4-8-15(13)14;/h3-4,7-8,14H,1-2,5-6,9-12H2,(H2,17,18);1H. The topological polar surface area (TPSA) is 41.6 Å². The van der Waals surface area contributed by atoms with Crippen molar-refractivity contribution >= 4 is 29.9 Å². The smallest absolute Gasteiger partial charge is 0.191 e. The molecule has 3 nitrogen and oxygen atoms in total. The summed E-state index contributed by atoms with van der Waals surface area (Å²) in [5.41, 5.74) is 9.09. The second kappa shape index (κ2) is 7.29. The fourth-order valence-corrected chi connectivity index (χ4v) is 3.13. The SMILES string of the molecule is I.NC(=NCC1Cc2ccccc21)N1CCCCCC1. The van der Waals surface area contributed by atoms with E-state index in [1.165, 1.54) is 36.8 Å². The molecule has 1 atom stereocenters. The van der Waals surface area contributed by atoms with Gasteiger partial charge in [-0.3, -0.25) is 4.99 Å². The van der Waals surface area contributed by atoms with Crippen LogP contribution < -0.4 is 5.73 Å². The molecule has 0 radical (unpaired) electrons. The van der Waals surface area contributed by atoms with Gasteiger partial charge in [-0.25, -0.2) is 0 Å². The highest BCUT2D eigenvalue weighted by Crippen LogP contribution is 2.34. The molecule has 2 aliphatic rings. The zero-order valence-electron chi connectivity index (χ0n) is 11.9. The van der Waals surface area contributed by atoms with Crippen molar-refractivity contribution in [1.29, 1.82) is 0 Å². The van der Waals surface area contributed by atoms with Crippen molar-refractivity contribution in [3.63, 3.8) is 0 Å². The fraction of sp³-hybridized carbons (Fsp3) is 0.562. The van der Waals surface area contributed by atoms with Crippen molar-refractivity contribution in [2.45, 2.75) is 38.0 Å². The summed E-state index contributed by atoms with van der Waals surface area (Å²) in [4.78, 5) is 6.89. The normalized spacial score (nSPS) is 22.3. The van der Waals surface area contributed by atoms with Crippen LogP contribution in [0.4, 0.5) is 0 Å². The summed E-state index contributed by atoms with van der Waals surface area (Å²) in [6.45, 7) is 3.01. The van der Waals surface area contributed by atoms with Crippen molar-refractivity contribution < 1.29 is 0 Å². The van der Waals surface area contributed by atoms with Crippen LogP contribution in [0.5, 0.6) is 0 Å². The molecule has 1 unspecified atom stereocenters. The van der Waals surface area contributed by atoms with Crippen LogP contribution in [0.25, 0.3) is 0 Å². The average Bonchev–Trinajstić information content (AvgIpc) is 2.68. The summed E-state index contributed by atoms with van der Waals surface area (Å²) in [6, 6.07) is 8.67. The number of nitrogens with two attached hydrogens (primary N) is 1. The Morgan fingerprint density at radius 3 is 2.55 bits per heavy atom. The summed E-state index contributed by atoms with van der Waals surface area (Å²) in [5, 5.41) is 0. The second-order valence-electron chi connectivity index (χ2n) is 5.70. The Hall–Kier alpha value is -0.780. The van der Waals surface area contributed by atoms with Crippen molar-refractivity contribution in [3.8, 4) is 0 Å². The lowest BCUT2D eigenvalue weighted by Gasteiger charge is -2.29. The number of likely N-dealkylation sites (tertiary alicyclic amines) is 1. The van der Waals surface area contributed by atoms with Crippen LogP contribution in [0.2, 0.25) is 0 Å². The lowest BCUT2D eigenvalue weighted by atomic mass is 9.78. The minimum atomic E-state index is 0. The van der Waals surface area contributed by atoms with Gasteiger partial charge in [-0.05, 0) is 30.4 Å². The number of fused-ring (bicyclic) bond motifs is 1. The average molecular weight is 385 g/mol. The van der Waals surface area contributed by atoms with Gasteiger partial charge in [0, 0.05) is 25.6 Å². The maximum Gasteiger partial charge on any atom is 0.191 e. The van der Waals surface area contributed by atoms with Crippen molar-refractivity contribution in [3.05, 3.63) is 35.4 Å². The molecule has 1 saturated heterocycles. The summed E-state index contributed by atoms with van der Waals surface area (Å²) >= 11 is 0. The Kier molecular flexibility index (Phi) is 5.69. The Labute approximate surface area is 138 Å². The molecule has 20 heavy (non-hydrogen) atoms. The Morgan fingerprint density at radius 1 is 1.15 bits per heavy atom. The Bertz CT molecular complexity index is 465. The molecular formula is C16H24IN3. The van der Waals surface area contributed by atoms with E-state index < -0.39 is 0 Å². The number of halogens is 1. The molecule has 0 spiro atoms. The number of hydrogen-bond acceptors (Lipinski definition) is 1. The maximum atomic E-state index is 6.14. The maximum absolute atomic E-state index is 6.14. The van der Waals surface area contributed by atoms with Crippen LogP contribution in [-0.2, 0) is 6.42 Å². The van der Waals surface area contributed by atoms with E-state index in [2.05, 4.69) is 34.2 Å². The van der Waals surface area contributed by atoms with Gasteiger partial charge in [0.25, 0.3) is 0 Å².